The van der Waals surface area contributed by atoms with Crippen LogP contribution in [0.1, 0.15) is 46.3 Å². The van der Waals surface area contributed by atoms with Crippen molar-refractivity contribution in [3.8, 4) is 17.0 Å². The lowest BCUT2D eigenvalue weighted by atomic mass is 9.85. The second kappa shape index (κ2) is 11.4. The Morgan fingerprint density at radius 3 is 2.51 bits per heavy atom. The van der Waals surface area contributed by atoms with Crippen LogP contribution in [0.2, 0.25) is 0 Å². The maximum absolute atomic E-state index is 13.0. The second-order valence-corrected chi connectivity index (χ2v) is 12.5. The summed E-state index contributed by atoms with van der Waals surface area (Å²) in [6.45, 7) is 7.31. The molecule has 41 heavy (non-hydrogen) atoms. The molecule has 2 saturated heterocycles. The molecule has 1 N–H and O–H groups in total. The van der Waals surface area contributed by atoms with Crippen LogP contribution in [0.4, 0.5) is 5.13 Å². The van der Waals surface area contributed by atoms with Crippen molar-refractivity contribution in [3.05, 3.63) is 64.0 Å². The minimum Gasteiger partial charge on any atom is -0.488 e. The highest BCUT2D eigenvalue weighted by Gasteiger charge is 2.46. The van der Waals surface area contributed by atoms with Crippen LogP contribution in [0.25, 0.3) is 11.3 Å². The van der Waals surface area contributed by atoms with Crippen LogP contribution in [-0.4, -0.2) is 66.3 Å². The number of rotatable bonds is 8. The van der Waals surface area contributed by atoms with Crippen molar-refractivity contribution in [1.82, 2.24) is 9.88 Å². The maximum Gasteiger partial charge on any atom is 0.307 e. The molecule has 1 saturated carbocycles. The minimum absolute atomic E-state index is 0.0421. The number of piperidine rings is 1. The van der Waals surface area contributed by atoms with Crippen LogP contribution in [0.5, 0.6) is 5.75 Å². The molecule has 3 aromatic rings. The predicted molar refractivity (Wildman–Crippen MR) is 159 cm³/mol. The Bertz CT molecular complexity index is 1440. The monoisotopic (exact) mass is 575 g/mol. The summed E-state index contributed by atoms with van der Waals surface area (Å²) in [4.78, 5) is 33.9. The summed E-state index contributed by atoms with van der Waals surface area (Å²) in [5.74, 6) is 0.320. The van der Waals surface area contributed by atoms with E-state index in [2.05, 4.69) is 23.3 Å². The number of benzene rings is 2. The SMILES string of the molecule is CO[C@@H]1CCN(C(=O)c2ccc(COc3ccc(C)cc3-c3csc(N4CC5CC[C@H](C4)C5C(=O)O)n3)c(C)c2)C1. The number of carbonyl (C=O) groups is 2. The average molecular weight is 576 g/mol. The molecule has 3 heterocycles. The van der Waals surface area contributed by atoms with Crippen molar-refractivity contribution in [3.63, 3.8) is 0 Å². The number of hydrogen-bond acceptors (Lipinski definition) is 7. The van der Waals surface area contributed by atoms with Gasteiger partial charge in [0.05, 0.1) is 17.7 Å². The van der Waals surface area contributed by atoms with E-state index in [1.54, 1.807) is 18.4 Å². The van der Waals surface area contributed by atoms with E-state index in [0.29, 0.717) is 18.7 Å². The molecule has 1 aromatic heterocycles. The van der Waals surface area contributed by atoms with Gasteiger partial charge in [-0.3, -0.25) is 9.59 Å². The Labute approximate surface area is 244 Å². The molecule has 0 radical (unpaired) electrons. The summed E-state index contributed by atoms with van der Waals surface area (Å²) in [5.41, 5.74) is 5.67. The van der Waals surface area contributed by atoms with Gasteiger partial charge in [0.15, 0.2) is 5.13 Å². The molecule has 6 rings (SSSR count). The van der Waals surface area contributed by atoms with Crippen LogP contribution in [0, 0.1) is 31.6 Å². The van der Waals surface area contributed by atoms with Gasteiger partial charge in [-0.25, -0.2) is 4.98 Å². The number of aliphatic carboxylic acids is 1. The molecule has 1 amide bonds. The van der Waals surface area contributed by atoms with Crippen molar-refractivity contribution in [2.75, 3.05) is 38.2 Å². The highest BCUT2D eigenvalue weighted by atomic mass is 32.1. The number of anilines is 1. The molecule has 9 heteroatoms. The maximum atomic E-state index is 13.0. The summed E-state index contributed by atoms with van der Waals surface area (Å²) >= 11 is 1.61. The Balaban J connectivity index is 1.15. The van der Waals surface area contributed by atoms with Gasteiger partial charge in [-0.1, -0.05) is 17.7 Å². The summed E-state index contributed by atoms with van der Waals surface area (Å²) in [6, 6.07) is 12.0. The fourth-order valence-electron chi connectivity index (χ4n) is 6.72. The number of amides is 1. The Morgan fingerprint density at radius 2 is 1.83 bits per heavy atom. The highest BCUT2D eigenvalue weighted by molar-refractivity contribution is 7.14. The van der Waals surface area contributed by atoms with E-state index >= 15 is 0 Å². The number of nitrogens with zero attached hydrogens (tertiary/aromatic N) is 3. The van der Waals surface area contributed by atoms with Crippen LogP contribution in [-0.2, 0) is 16.1 Å². The Kier molecular flexibility index (Phi) is 7.74. The number of likely N-dealkylation sites (tertiary alicyclic amines) is 1. The smallest absolute Gasteiger partial charge is 0.307 e. The van der Waals surface area contributed by atoms with E-state index in [-0.39, 0.29) is 29.8 Å². The van der Waals surface area contributed by atoms with Gasteiger partial charge in [0.25, 0.3) is 5.91 Å². The number of carboxylic acid groups (broad SMARTS) is 1. The second-order valence-electron chi connectivity index (χ2n) is 11.7. The summed E-state index contributed by atoms with van der Waals surface area (Å²) in [6.07, 6.45) is 2.95. The van der Waals surface area contributed by atoms with Crippen LogP contribution in [0.3, 0.4) is 0 Å². The van der Waals surface area contributed by atoms with Gasteiger partial charge in [-0.2, -0.15) is 0 Å². The van der Waals surface area contributed by atoms with E-state index in [1.165, 1.54) is 0 Å². The number of ether oxygens (including phenoxy) is 2. The normalized spacial score (nSPS) is 23.7. The Morgan fingerprint density at radius 1 is 1.05 bits per heavy atom. The first-order valence-corrected chi connectivity index (χ1v) is 15.3. The van der Waals surface area contributed by atoms with Crippen LogP contribution in [0.15, 0.2) is 41.8 Å². The van der Waals surface area contributed by atoms with Gasteiger partial charge >= 0.3 is 5.97 Å². The molecule has 2 aliphatic heterocycles. The van der Waals surface area contributed by atoms with Gasteiger partial charge < -0.3 is 24.4 Å². The van der Waals surface area contributed by atoms with Crippen molar-refractivity contribution in [1.29, 1.82) is 0 Å². The number of carboxylic acids is 1. The van der Waals surface area contributed by atoms with Crippen molar-refractivity contribution >= 4 is 28.3 Å². The van der Waals surface area contributed by atoms with Gasteiger partial charge in [0.2, 0.25) is 0 Å². The third-order valence-electron chi connectivity index (χ3n) is 9.03. The molecule has 3 fully saturated rings. The Hall–Kier alpha value is -3.43. The molecule has 0 spiro atoms. The lowest BCUT2D eigenvalue weighted by Crippen LogP contribution is -2.44. The third-order valence-corrected chi connectivity index (χ3v) is 9.93. The number of carbonyl (C=O) groups excluding carboxylic acids is 1. The molecule has 2 aromatic carbocycles. The largest absolute Gasteiger partial charge is 0.488 e. The molecule has 2 unspecified atom stereocenters. The molecule has 3 aliphatic rings. The molecule has 8 nitrogen and oxygen atoms in total. The van der Waals surface area contributed by atoms with E-state index in [9.17, 15) is 14.7 Å². The van der Waals surface area contributed by atoms with E-state index in [1.807, 2.05) is 42.2 Å². The van der Waals surface area contributed by atoms with Gasteiger partial charge in [0.1, 0.15) is 12.4 Å². The number of thiazole rings is 1. The fourth-order valence-corrected chi connectivity index (χ4v) is 7.56. The van der Waals surface area contributed by atoms with Crippen LogP contribution >= 0.6 is 11.3 Å². The number of aromatic nitrogens is 1. The standard InChI is InChI=1S/C32H37N3O5S/c1-19-4-9-28(40-17-24-8-5-21(13-20(24)2)30(36)34-11-10-25(16-34)39-3)26(12-19)27-18-41-32(33-27)35-14-22-6-7-23(15-35)29(22)31(37)38/h4-5,8-9,12-13,18,22-23,25,29H,6-7,10-11,14-17H2,1-3H3,(H,37,38)/t22-,23?,25-,29?/m1/s1. The fraction of sp³-hybridized carbons (Fsp3) is 0.469. The zero-order chi connectivity index (χ0) is 28.7. The van der Waals surface area contributed by atoms with Gasteiger partial charge in [-0.15, -0.1) is 11.3 Å². The first-order chi connectivity index (χ1) is 19.8. The number of hydrogen-bond donors (Lipinski definition) is 1. The molecular weight excluding hydrogens is 538 g/mol. The minimum atomic E-state index is -0.651. The highest BCUT2D eigenvalue weighted by Crippen LogP contribution is 2.44. The zero-order valence-electron chi connectivity index (χ0n) is 23.8. The molecular formula is C32H37N3O5S. The average Bonchev–Trinajstić information content (AvgIpc) is 3.70. The quantitative estimate of drug-likeness (QED) is 0.384. The first kappa shape index (κ1) is 27.7. The van der Waals surface area contributed by atoms with Crippen molar-refractivity contribution in [2.24, 2.45) is 17.8 Å². The molecule has 2 bridgehead atoms. The third kappa shape index (κ3) is 5.57. The molecule has 1 aliphatic carbocycles. The van der Waals surface area contributed by atoms with Crippen molar-refractivity contribution < 1.29 is 24.2 Å². The summed E-state index contributed by atoms with van der Waals surface area (Å²) in [5, 5.41) is 12.7. The lowest BCUT2D eigenvalue weighted by Gasteiger charge is -2.35. The lowest BCUT2D eigenvalue weighted by molar-refractivity contribution is -0.144. The number of methoxy groups -OCH3 is 1. The summed E-state index contributed by atoms with van der Waals surface area (Å²) < 4.78 is 11.8. The molecule has 4 atom stereocenters. The number of fused-ring (bicyclic) bond motifs is 2. The van der Waals surface area contributed by atoms with Crippen LogP contribution < -0.4 is 9.64 Å². The zero-order valence-corrected chi connectivity index (χ0v) is 24.7. The number of aryl methyl sites for hydroxylation is 2. The predicted octanol–water partition coefficient (Wildman–Crippen LogP) is 5.41. The van der Waals surface area contributed by atoms with Gasteiger partial charge in [0, 0.05) is 49.8 Å². The summed E-state index contributed by atoms with van der Waals surface area (Å²) in [7, 11) is 1.69. The molecule has 216 valence electrons. The van der Waals surface area contributed by atoms with Crippen molar-refractivity contribution in [2.45, 2.75) is 45.8 Å². The van der Waals surface area contributed by atoms with E-state index in [4.69, 9.17) is 14.5 Å². The van der Waals surface area contributed by atoms with E-state index in [0.717, 1.165) is 77.7 Å². The first-order valence-electron chi connectivity index (χ1n) is 14.4. The van der Waals surface area contributed by atoms with E-state index < -0.39 is 5.97 Å². The topological polar surface area (TPSA) is 92.2 Å². The van der Waals surface area contributed by atoms with Gasteiger partial charge in [-0.05, 0) is 80.3 Å².